The van der Waals surface area contributed by atoms with E-state index in [0.29, 0.717) is 5.78 Å². The van der Waals surface area contributed by atoms with Crippen LogP contribution in [0.2, 0.25) is 0 Å². The van der Waals surface area contributed by atoms with Gasteiger partial charge in [-0.3, -0.25) is 0 Å². The monoisotopic (exact) mass is 211 g/mol. The van der Waals surface area contributed by atoms with Gasteiger partial charge in [0.15, 0.2) is 0 Å². The molecule has 0 saturated carbocycles. The summed E-state index contributed by atoms with van der Waals surface area (Å²) in [5.41, 5.74) is 0. The molecule has 0 heterocycles. The van der Waals surface area contributed by atoms with Crippen LogP contribution < -0.4 is 0 Å². The van der Waals surface area contributed by atoms with E-state index >= 15 is 0 Å². The standard InChI is InChI=1S/C14H27O/c1-3-4-5-6-7-8-9-10-11-12-13-14(2)15/h1,3-13H2,2H3. The molecule has 15 heavy (non-hydrogen) atoms. The van der Waals surface area contributed by atoms with Crippen LogP contribution in [-0.4, -0.2) is 5.78 Å². The van der Waals surface area contributed by atoms with Gasteiger partial charge < -0.3 is 4.79 Å². The van der Waals surface area contributed by atoms with Crippen LogP contribution in [0.5, 0.6) is 0 Å². The summed E-state index contributed by atoms with van der Waals surface area (Å²) in [6.45, 7) is 5.52. The number of rotatable bonds is 11. The van der Waals surface area contributed by atoms with Gasteiger partial charge in [-0.1, -0.05) is 64.7 Å². The first-order valence-corrected chi connectivity index (χ1v) is 6.56. The Bertz CT molecular complexity index is 140. The Morgan fingerprint density at radius 3 is 1.60 bits per heavy atom. The zero-order valence-electron chi connectivity index (χ0n) is 10.4. The lowest BCUT2D eigenvalue weighted by atomic mass is 10.1. The van der Waals surface area contributed by atoms with Gasteiger partial charge in [-0.05, 0) is 13.3 Å². The summed E-state index contributed by atoms with van der Waals surface area (Å²) in [4.78, 5) is 10.7. The second-order valence-electron chi connectivity index (χ2n) is 4.49. The lowest BCUT2D eigenvalue weighted by molar-refractivity contribution is -0.117. The van der Waals surface area contributed by atoms with Crippen LogP contribution in [0.3, 0.4) is 0 Å². The van der Waals surface area contributed by atoms with Crippen molar-refractivity contribution in [2.24, 2.45) is 0 Å². The molecule has 0 aliphatic heterocycles. The van der Waals surface area contributed by atoms with Crippen LogP contribution in [0.1, 0.15) is 77.6 Å². The minimum Gasteiger partial charge on any atom is -0.300 e. The molecule has 0 fully saturated rings. The van der Waals surface area contributed by atoms with E-state index < -0.39 is 0 Å². The molecule has 0 aliphatic rings. The molecule has 0 aliphatic carbocycles. The highest BCUT2D eigenvalue weighted by Gasteiger charge is 1.94. The fraction of sp³-hybridized carbons (Fsp3) is 0.857. The third kappa shape index (κ3) is 13.7. The number of hydrogen-bond acceptors (Lipinski definition) is 1. The largest absolute Gasteiger partial charge is 0.300 e. The van der Waals surface area contributed by atoms with Crippen LogP contribution in [-0.2, 0) is 4.79 Å². The van der Waals surface area contributed by atoms with E-state index in [1.807, 2.05) is 0 Å². The van der Waals surface area contributed by atoms with Gasteiger partial charge in [-0.25, -0.2) is 0 Å². The van der Waals surface area contributed by atoms with Crippen molar-refractivity contribution < 1.29 is 4.79 Å². The molecule has 0 rings (SSSR count). The SMILES string of the molecule is [CH2]CCCCCCCCCCCC(C)=O. The van der Waals surface area contributed by atoms with E-state index in [9.17, 15) is 4.79 Å². The maximum Gasteiger partial charge on any atom is 0.129 e. The summed E-state index contributed by atoms with van der Waals surface area (Å²) in [5, 5.41) is 0. The molecule has 0 aromatic carbocycles. The van der Waals surface area contributed by atoms with Crippen molar-refractivity contribution in [3.63, 3.8) is 0 Å². The maximum atomic E-state index is 10.7. The summed E-state index contributed by atoms with van der Waals surface area (Å²) >= 11 is 0. The second kappa shape index (κ2) is 11.7. The summed E-state index contributed by atoms with van der Waals surface area (Å²) in [6.07, 6.45) is 13.6. The van der Waals surface area contributed by atoms with E-state index in [1.165, 1.54) is 51.4 Å². The summed E-state index contributed by atoms with van der Waals surface area (Å²) in [7, 11) is 0. The second-order valence-corrected chi connectivity index (χ2v) is 4.49. The van der Waals surface area contributed by atoms with Gasteiger partial charge in [0.2, 0.25) is 0 Å². The Hall–Kier alpha value is -0.330. The van der Waals surface area contributed by atoms with Crippen molar-refractivity contribution in [3.8, 4) is 0 Å². The third-order valence-corrected chi connectivity index (χ3v) is 2.78. The average molecular weight is 211 g/mol. The van der Waals surface area contributed by atoms with Crippen molar-refractivity contribution >= 4 is 5.78 Å². The molecule has 0 N–H and O–H groups in total. The summed E-state index contributed by atoms with van der Waals surface area (Å²) in [5.74, 6) is 0.336. The zero-order chi connectivity index (χ0) is 11.4. The minimum atomic E-state index is 0.336. The van der Waals surface area contributed by atoms with Gasteiger partial charge in [-0.15, -0.1) is 0 Å². The molecule has 0 amide bonds. The van der Waals surface area contributed by atoms with Crippen molar-refractivity contribution in [3.05, 3.63) is 6.92 Å². The average Bonchev–Trinajstić information content (AvgIpc) is 2.20. The number of carbonyl (C=O) groups is 1. The molecule has 0 atom stereocenters. The molecular formula is C14H27O. The Balaban J connectivity index is 2.89. The summed E-state index contributed by atoms with van der Waals surface area (Å²) < 4.78 is 0. The first-order valence-electron chi connectivity index (χ1n) is 6.56. The molecule has 0 bridgehead atoms. The normalized spacial score (nSPS) is 10.5. The predicted octanol–water partition coefficient (Wildman–Crippen LogP) is 4.70. The third-order valence-electron chi connectivity index (χ3n) is 2.78. The summed E-state index contributed by atoms with van der Waals surface area (Å²) in [6, 6.07) is 0. The zero-order valence-corrected chi connectivity index (χ0v) is 10.4. The molecule has 1 heteroatoms. The first-order chi connectivity index (χ1) is 7.27. The van der Waals surface area contributed by atoms with E-state index in [-0.39, 0.29) is 0 Å². The predicted molar refractivity (Wildman–Crippen MR) is 66.8 cm³/mol. The Morgan fingerprint density at radius 2 is 1.20 bits per heavy atom. The highest BCUT2D eigenvalue weighted by molar-refractivity contribution is 5.75. The quantitative estimate of drug-likeness (QED) is 0.453. The van der Waals surface area contributed by atoms with E-state index in [2.05, 4.69) is 6.92 Å². The van der Waals surface area contributed by atoms with E-state index in [4.69, 9.17) is 0 Å². The van der Waals surface area contributed by atoms with Gasteiger partial charge in [-0.2, -0.15) is 0 Å². The van der Waals surface area contributed by atoms with Crippen molar-refractivity contribution in [1.29, 1.82) is 0 Å². The Labute approximate surface area is 95.6 Å². The lowest BCUT2D eigenvalue weighted by Crippen LogP contribution is -1.89. The van der Waals surface area contributed by atoms with Gasteiger partial charge in [0, 0.05) is 6.42 Å². The number of unbranched alkanes of at least 4 members (excludes halogenated alkanes) is 9. The number of Topliss-reactive ketones (excluding diaryl/α,β-unsaturated/α-hetero) is 1. The van der Waals surface area contributed by atoms with Gasteiger partial charge in [0.25, 0.3) is 0 Å². The Morgan fingerprint density at radius 1 is 0.800 bits per heavy atom. The van der Waals surface area contributed by atoms with E-state index in [1.54, 1.807) is 6.92 Å². The smallest absolute Gasteiger partial charge is 0.129 e. The Kier molecular flexibility index (Phi) is 11.5. The topological polar surface area (TPSA) is 17.1 Å². The van der Waals surface area contributed by atoms with Crippen molar-refractivity contribution in [2.45, 2.75) is 77.6 Å². The molecule has 0 aromatic heterocycles. The highest BCUT2D eigenvalue weighted by Crippen LogP contribution is 2.11. The van der Waals surface area contributed by atoms with Gasteiger partial charge >= 0.3 is 0 Å². The molecule has 1 nitrogen and oxygen atoms in total. The van der Waals surface area contributed by atoms with Crippen molar-refractivity contribution in [1.82, 2.24) is 0 Å². The fourth-order valence-electron chi connectivity index (χ4n) is 1.79. The molecule has 0 aromatic rings. The van der Waals surface area contributed by atoms with Crippen LogP contribution in [0.4, 0.5) is 0 Å². The van der Waals surface area contributed by atoms with Crippen LogP contribution >= 0.6 is 0 Å². The maximum absolute atomic E-state index is 10.7. The number of carbonyl (C=O) groups excluding carboxylic acids is 1. The lowest BCUT2D eigenvalue weighted by Gasteiger charge is -2.01. The van der Waals surface area contributed by atoms with Crippen molar-refractivity contribution in [2.75, 3.05) is 0 Å². The molecular weight excluding hydrogens is 184 g/mol. The molecule has 89 valence electrons. The number of ketones is 1. The minimum absolute atomic E-state index is 0.336. The van der Waals surface area contributed by atoms with Crippen LogP contribution in [0.15, 0.2) is 0 Å². The van der Waals surface area contributed by atoms with Gasteiger partial charge in [0.1, 0.15) is 5.78 Å². The van der Waals surface area contributed by atoms with E-state index in [0.717, 1.165) is 19.3 Å². The first kappa shape index (κ1) is 14.7. The fourth-order valence-corrected chi connectivity index (χ4v) is 1.79. The highest BCUT2D eigenvalue weighted by atomic mass is 16.1. The molecule has 0 saturated heterocycles. The molecule has 1 radical (unpaired) electrons. The molecule has 0 unspecified atom stereocenters. The van der Waals surface area contributed by atoms with Crippen LogP contribution in [0.25, 0.3) is 0 Å². The number of hydrogen-bond donors (Lipinski definition) is 0. The molecule has 0 spiro atoms. The van der Waals surface area contributed by atoms with Gasteiger partial charge in [0.05, 0.1) is 0 Å². The van der Waals surface area contributed by atoms with Crippen LogP contribution in [0, 0.1) is 6.92 Å².